The Bertz CT molecular complexity index is 831. The fourth-order valence-electron chi connectivity index (χ4n) is 2.29. The topological polar surface area (TPSA) is 89.6 Å². The molecule has 3 N–H and O–H groups in total. The fraction of sp³-hybridized carbons (Fsp3) is 0.176. The van der Waals surface area contributed by atoms with Gasteiger partial charge >= 0.3 is 0 Å². The predicted molar refractivity (Wildman–Crippen MR) is 91.3 cm³/mol. The summed E-state index contributed by atoms with van der Waals surface area (Å²) < 4.78 is 0. The fourth-order valence-corrected chi connectivity index (χ4v) is 2.29. The Morgan fingerprint density at radius 3 is 2.70 bits per heavy atom. The van der Waals surface area contributed by atoms with Gasteiger partial charge in [-0.15, -0.1) is 0 Å². The smallest absolute Gasteiger partial charge is 0.227 e. The molecule has 0 saturated heterocycles. The van der Waals surface area contributed by atoms with E-state index in [0.29, 0.717) is 11.6 Å². The lowest BCUT2D eigenvalue weighted by Gasteiger charge is -2.10. The molecule has 3 aromatic rings. The number of anilines is 3. The quantitative estimate of drug-likeness (QED) is 0.720. The summed E-state index contributed by atoms with van der Waals surface area (Å²) in [6.45, 7) is 4.05. The van der Waals surface area contributed by atoms with Gasteiger partial charge in [0.05, 0.1) is 11.4 Å². The van der Waals surface area contributed by atoms with Gasteiger partial charge in [0, 0.05) is 30.0 Å². The highest BCUT2D eigenvalue weighted by molar-refractivity contribution is 5.65. The molecule has 6 nitrogen and oxygen atoms in total. The summed E-state index contributed by atoms with van der Waals surface area (Å²) in [5, 5.41) is 3.21. The second-order valence-electron chi connectivity index (χ2n) is 5.17. The molecule has 23 heavy (non-hydrogen) atoms. The van der Waals surface area contributed by atoms with Crippen LogP contribution in [0.3, 0.4) is 0 Å². The van der Waals surface area contributed by atoms with E-state index in [2.05, 4.69) is 25.3 Å². The van der Waals surface area contributed by atoms with E-state index in [1.807, 2.05) is 38.1 Å². The Morgan fingerprint density at radius 2 is 1.87 bits per heavy atom. The first kappa shape index (κ1) is 14.9. The van der Waals surface area contributed by atoms with Crippen LogP contribution in [0.5, 0.6) is 0 Å². The molecule has 0 saturated carbocycles. The van der Waals surface area contributed by atoms with E-state index in [-0.39, 0.29) is 0 Å². The Balaban J connectivity index is 1.95. The number of nitrogens with two attached hydrogens (primary N) is 1. The molecule has 0 fully saturated rings. The molecule has 0 amide bonds. The lowest BCUT2D eigenvalue weighted by atomic mass is 10.2. The van der Waals surface area contributed by atoms with Crippen molar-refractivity contribution >= 4 is 17.3 Å². The SMILES string of the molecule is CCc1nccnc1-c1ccnc(Nc2cc(N)ccc2C)n1. The summed E-state index contributed by atoms with van der Waals surface area (Å²) >= 11 is 0. The Labute approximate surface area is 134 Å². The maximum absolute atomic E-state index is 5.84. The van der Waals surface area contributed by atoms with Crippen molar-refractivity contribution in [3.63, 3.8) is 0 Å². The van der Waals surface area contributed by atoms with E-state index in [4.69, 9.17) is 5.73 Å². The molecule has 0 spiro atoms. The molecule has 6 heteroatoms. The van der Waals surface area contributed by atoms with Crippen LogP contribution >= 0.6 is 0 Å². The standard InChI is InChI=1S/C17H18N6/c1-3-13-16(20-9-8-19-13)14-6-7-21-17(22-14)23-15-10-12(18)5-4-11(15)2/h4-10H,3,18H2,1-2H3,(H,21,22,23). The van der Waals surface area contributed by atoms with Gasteiger partial charge in [0.2, 0.25) is 5.95 Å². The summed E-state index contributed by atoms with van der Waals surface area (Å²) in [7, 11) is 0. The van der Waals surface area contributed by atoms with Crippen LogP contribution in [0.2, 0.25) is 0 Å². The van der Waals surface area contributed by atoms with Gasteiger partial charge < -0.3 is 11.1 Å². The zero-order valence-corrected chi connectivity index (χ0v) is 13.1. The van der Waals surface area contributed by atoms with E-state index in [0.717, 1.165) is 34.8 Å². The number of hydrogen-bond acceptors (Lipinski definition) is 6. The first-order valence-electron chi connectivity index (χ1n) is 7.44. The molecule has 0 aliphatic rings. The molecule has 0 aliphatic carbocycles. The summed E-state index contributed by atoms with van der Waals surface area (Å²) in [4.78, 5) is 17.6. The molecule has 1 aromatic carbocycles. The molecule has 2 aromatic heterocycles. The largest absolute Gasteiger partial charge is 0.399 e. The second-order valence-corrected chi connectivity index (χ2v) is 5.17. The molecule has 3 rings (SSSR count). The van der Waals surface area contributed by atoms with Crippen molar-refractivity contribution in [2.75, 3.05) is 11.1 Å². The summed E-state index contributed by atoms with van der Waals surface area (Å²) in [6.07, 6.45) is 5.87. The summed E-state index contributed by atoms with van der Waals surface area (Å²) in [6, 6.07) is 7.52. The van der Waals surface area contributed by atoms with Crippen LogP contribution in [0, 0.1) is 6.92 Å². The van der Waals surface area contributed by atoms with E-state index < -0.39 is 0 Å². The van der Waals surface area contributed by atoms with Gasteiger partial charge in [-0.3, -0.25) is 9.97 Å². The van der Waals surface area contributed by atoms with Crippen LogP contribution in [0.4, 0.5) is 17.3 Å². The number of benzene rings is 1. The number of hydrogen-bond donors (Lipinski definition) is 2. The highest BCUT2D eigenvalue weighted by Crippen LogP contribution is 2.23. The van der Waals surface area contributed by atoms with Gasteiger partial charge in [-0.25, -0.2) is 9.97 Å². The Morgan fingerprint density at radius 1 is 1.04 bits per heavy atom. The summed E-state index contributed by atoms with van der Waals surface area (Å²) in [5.41, 5.74) is 10.9. The highest BCUT2D eigenvalue weighted by Gasteiger charge is 2.09. The number of nitrogens with one attached hydrogen (secondary N) is 1. The van der Waals surface area contributed by atoms with Crippen LogP contribution in [0.15, 0.2) is 42.9 Å². The van der Waals surface area contributed by atoms with Crippen molar-refractivity contribution in [2.45, 2.75) is 20.3 Å². The number of aryl methyl sites for hydroxylation is 2. The van der Waals surface area contributed by atoms with Gasteiger partial charge in [0.15, 0.2) is 0 Å². The number of nitrogen functional groups attached to an aromatic ring is 1. The van der Waals surface area contributed by atoms with Crippen LogP contribution < -0.4 is 11.1 Å². The zero-order chi connectivity index (χ0) is 16.2. The number of aromatic nitrogens is 4. The third-order valence-electron chi connectivity index (χ3n) is 3.52. The Kier molecular flexibility index (Phi) is 4.14. The molecule has 0 radical (unpaired) electrons. The predicted octanol–water partition coefficient (Wildman–Crippen LogP) is 3.13. The van der Waals surface area contributed by atoms with E-state index in [1.165, 1.54) is 0 Å². The molecule has 2 heterocycles. The average molecular weight is 306 g/mol. The van der Waals surface area contributed by atoms with Gasteiger partial charge in [0.25, 0.3) is 0 Å². The van der Waals surface area contributed by atoms with Crippen LogP contribution in [-0.2, 0) is 6.42 Å². The molecular weight excluding hydrogens is 288 g/mol. The molecular formula is C17H18N6. The van der Waals surface area contributed by atoms with Crippen LogP contribution in [0.25, 0.3) is 11.4 Å². The van der Waals surface area contributed by atoms with Crippen LogP contribution in [-0.4, -0.2) is 19.9 Å². The normalized spacial score (nSPS) is 10.5. The van der Waals surface area contributed by atoms with E-state index >= 15 is 0 Å². The number of nitrogens with zero attached hydrogens (tertiary/aromatic N) is 4. The first-order chi connectivity index (χ1) is 11.2. The van der Waals surface area contributed by atoms with E-state index in [1.54, 1.807) is 18.6 Å². The van der Waals surface area contributed by atoms with Crippen molar-refractivity contribution in [3.8, 4) is 11.4 Å². The molecule has 116 valence electrons. The highest BCUT2D eigenvalue weighted by atomic mass is 15.1. The van der Waals surface area contributed by atoms with Crippen molar-refractivity contribution < 1.29 is 0 Å². The molecule has 0 atom stereocenters. The van der Waals surface area contributed by atoms with Crippen LogP contribution in [0.1, 0.15) is 18.2 Å². The molecule has 0 aliphatic heterocycles. The van der Waals surface area contributed by atoms with Crippen molar-refractivity contribution in [1.29, 1.82) is 0 Å². The number of rotatable bonds is 4. The maximum Gasteiger partial charge on any atom is 0.227 e. The van der Waals surface area contributed by atoms with Crippen molar-refractivity contribution in [1.82, 2.24) is 19.9 Å². The van der Waals surface area contributed by atoms with Crippen molar-refractivity contribution in [2.24, 2.45) is 0 Å². The van der Waals surface area contributed by atoms with E-state index in [9.17, 15) is 0 Å². The zero-order valence-electron chi connectivity index (χ0n) is 13.1. The lowest BCUT2D eigenvalue weighted by Crippen LogP contribution is -2.02. The lowest BCUT2D eigenvalue weighted by molar-refractivity contribution is 0.996. The minimum atomic E-state index is 0.504. The summed E-state index contributed by atoms with van der Waals surface area (Å²) in [5.74, 6) is 0.504. The van der Waals surface area contributed by atoms with Gasteiger partial charge in [0.1, 0.15) is 5.69 Å². The minimum Gasteiger partial charge on any atom is -0.399 e. The average Bonchev–Trinajstić information content (AvgIpc) is 2.58. The Hall–Kier alpha value is -3.02. The maximum atomic E-state index is 5.84. The second kappa shape index (κ2) is 6.39. The molecule has 0 unspecified atom stereocenters. The van der Waals surface area contributed by atoms with Crippen molar-refractivity contribution in [3.05, 3.63) is 54.1 Å². The third kappa shape index (κ3) is 3.26. The third-order valence-corrected chi connectivity index (χ3v) is 3.52. The molecule has 0 bridgehead atoms. The van der Waals surface area contributed by atoms with Gasteiger partial charge in [-0.05, 0) is 37.1 Å². The first-order valence-corrected chi connectivity index (χ1v) is 7.44. The van der Waals surface area contributed by atoms with Gasteiger partial charge in [-0.2, -0.15) is 0 Å². The monoisotopic (exact) mass is 306 g/mol. The van der Waals surface area contributed by atoms with Gasteiger partial charge in [-0.1, -0.05) is 13.0 Å². The minimum absolute atomic E-state index is 0.504.